The molecule has 2 heterocycles. The number of piperidine rings is 1. The van der Waals surface area contributed by atoms with Crippen LogP contribution in [0, 0.1) is 0 Å². The Hall–Kier alpha value is -1.89. The van der Waals surface area contributed by atoms with E-state index in [1.807, 2.05) is 19.9 Å². The van der Waals surface area contributed by atoms with Crippen LogP contribution in [-0.4, -0.2) is 41.6 Å². The lowest BCUT2D eigenvalue weighted by atomic mass is 10.1. The monoisotopic (exact) mass is 293 g/mol. The number of amides is 1. The van der Waals surface area contributed by atoms with E-state index in [1.165, 1.54) is 0 Å². The van der Waals surface area contributed by atoms with E-state index < -0.39 is 0 Å². The molecule has 2 rings (SSSR count). The van der Waals surface area contributed by atoms with Crippen LogP contribution in [-0.2, 0) is 16.1 Å². The fourth-order valence-corrected chi connectivity index (χ4v) is 2.19. The first-order chi connectivity index (χ1) is 10.2. The minimum Gasteiger partial charge on any atom is -0.374 e. The van der Waals surface area contributed by atoms with Gasteiger partial charge in [0, 0.05) is 25.8 Å². The summed E-state index contributed by atoms with van der Waals surface area (Å²) in [6, 6.07) is 1.59. The van der Waals surface area contributed by atoms with E-state index >= 15 is 0 Å². The van der Waals surface area contributed by atoms with Gasteiger partial charge in [-0.2, -0.15) is 0 Å². The topological polar surface area (TPSA) is 88.2 Å². The number of ether oxygens (including phenoxy) is 1. The van der Waals surface area contributed by atoms with Crippen LogP contribution in [0.1, 0.15) is 32.5 Å². The van der Waals surface area contributed by atoms with Gasteiger partial charge >= 0.3 is 0 Å². The summed E-state index contributed by atoms with van der Waals surface area (Å²) in [4.78, 5) is 20.6. The van der Waals surface area contributed by atoms with E-state index in [4.69, 9.17) is 4.74 Å². The number of anilines is 2. The Kier molecular flexibility index (Phi) is 5.74. The summed E-state index contributed by atoms with van der Waals surface area (Å²) >= 11 is 0. The van der Waals surface area contributed by atoms with E-state index in [-0.39, 0.29) is 11.9 Å². The molecule has 1 fully saturated rings. The van der Waals surface area contributed by atoms with Crippen LogP contribution in [0.3, 0.4) is 0 Å². The molecule has 0 saturated carbocycles. The van der Waals surface area contributed by atoms with E-state index in [9.17, 15) is 4.79 Å². The van der Waals surface area contributed by atoms with Gasteiger partial charge in [0.05, 0.1) is 0 Å². The second-order valence-corrected chi connectivity index (χ2v) is 4.85. The molecule has 0 spiro atoms. The molecule has 1 amide bonds. The third kappa shape index (κ3) is 4.56. The zero-order valence-corrected chi connectivity index (χ0v) is 12.6. The van der Waals surface area contributed by atoms with E-state index in [2.05, 4.69) is 25.9 Å². The number of nitrogens with zero attached hydrogens (tertiary/aromatic N) is 2. The Labute approximate surface area is 124 Å². The predicted molar refractivity (Wildman–Crippen MR) is 81.2 cm³/mol. The van der Waals surface area contributed by atoms with Crippen LogP contribution in [0.2, 0.25) is 0 Å². The molecular weight excluding hydrogens is 270 g/mol. The van der Waals surface area contributed by atoms with Crippen LogP contribution < -0.4 is 16.0 Å². The van der Waals surface area contributed by atoms with Gasteiger partial charge < -0.3 is 20.7 Å². The molecule has 1 aromatic heterocycles. The van der Waals surface area contributed by atoms with E-state index in [0.717, 1.165) is 31.7 Å². The van der Waals surface area contributed by atoms with Crippen molar-refractivity contribution in [1.82, 2.24) is 15.3 Å². The first-order valence-electron chi connectivity index (χ1n) is 7.46. The summed E-state index contributed by atoms with van der Waals surface area (Å²) in [6.07, 6.45) is 1.79. The van der Waals surface area contributed by atoms with Gasteiger partial charge in [0.1, 0.15) is 24.3 Å². The molecule has 116 valence electrons. The molecule has 1 unspecified atom stereocenters. The summed E-state index contributed by atoms with van der Waals surface area (Å²) in [5.74, 6) is 2.02. The third-order valence-electron chi connectivity index (χ3n) is 3.17. The van der Waals surface area contributed by atoms with E-state index in [1.54, 1.807) is 0 Å². The molecule has 1 atom stereocenters. The first-order valence-corrected chi connectivity index (χ1v) is 7.46. The normalized spacial score (nSPS) is 18.2. The predicted octanol–water partition coefficient (Wildman–Crippen LogP) is 1.14. The number of rotatable bonds is 7. The van der Waals surface area contributed by atoms with Crippen LogP contribution in [0.25, 0.3) is 0 Å². The Bertz CT molecular complexity index is 480. The average Bonchev–Trinajstić information content (AvgIpc) is 2.48. The summed E-state index contributed by atoms with van der Waals surface area (Å²) in [5, 5.41) is 9.21. The van der Waals surface area contributed by atoms with Crippen molar-refractivity contribution < 1.29 is 9.53 Å². The SMILES string of the molecule is CCNc1cc(NC2CCCNC2=O)nc(COCC)n1. The zero-order valence-electron chi connectivity index (χ0n) is 12.6. The third-order valence-corrected chi connectivity index (χ3v) is 3.17. The van der Waals surface area contributed by atoms with Gasteiger partial charge in [-0.3, -0.25) is 4.79 Å². The van der Waals surface area contributed by atoms with Crippen LogP contribution in [0.4, 0.5) is 11.6 Å². The van der Waals surface area contributed by atoms with Gasteiger partial charge in [0.2, 0.25) is 5.91 Å². The van der Waals surface area contributed by atoms with Crippen molar-refractivity contribution in [3.05, 3.63) is 11.9 Å². The number of carbonyl (C=O) groups excluding carboxylic acids is 1. The summed E-state index contributed by atoms with van der Waals surface area (Å²) in [7, 11) is 0. The highest BCUT2D eigenvalue weighted by molar-refractivity contribution is 5.85. The molecule has 0 radical (unpaired) electrons. The van der Waals surface area contributed by atoms with Crippen molar-refractivity contribution in [2.45, 2.75) is 39.3 Å². The molecule has 3 N–H and O–H groups in total. The van der Waals surface area contributed by atoms with Crippen molar-refractivity contribution in [3.63, 3.8) is 0 Å². The molecule has 1 aliphatic rings. The molecule has 0 aromatic carbocycles. The summed E-state index contributed by atoms with van der Waals surface area (Å²) < 4.78 is 5.36. The second-order valence-electron chi connectivity index (χ2n) is 4.85. The van der Waals surface area contributed by atoms with Crippen LogP contribution in [0.5, 0.6) is 0 Å². The zero-order chi connectivity index (χ0) is 15.1. The maximum Gasteiger partial charge on any atom is 0.242 e. The summed E-state index contributed by atoms with van der Waals surface area (Å²) in [6.45, 7) is 6.43. The van der Waals surface area contributed by atoms with Gasteiger partial charge in [-0.15, -0.1) is 0 Å². The van der Waals surface area contributed by atoms with Crippen LogP contribution >= 0.6 is 0 Å². The minimum absolute atomic E-state index is 0.0243. The summed E-state index contributed by atoms with van der Waals surface area (Å²) in [5.41, 5.74) is 0. The van der Waals surface area contributed by atoms with Crippen LogP contribution in [0.15, 0.2) is 6.07 Å². The Balaban J connectivity index is 2.12. The van der Waals surface area contributed by atoms with Crippen molar-refractivity contribution in [1.29, 1.82) is 0 Å². The maximum absolute atomic E-state index is 11.8. The molecule has 1 aromatic rings. The second kappa shape index (κ2) is 7.78. The van der Waals surface area contributed by atoms with Crippen molar-refractivity contribution in [2.75, 3.05) is 30.3 Å². The molecule has 0 bridgehead atoms. The van der Waals surface area contributed by atoms with Crippen molar-refractivity contribution in [3.8, 4) is 0 Å². The first kappa shape index (κ1) is 15.5. The van der Waals surface area contributed by atoms with Gasteiger partial charge in [-0.05, 0) is 26.7 Å². The highest BCUT2D eigenvalue weighted by Gasteiger charge is 2.22. The number of hydrogen-bond acceptors (Lipinski definition) is 6. The molecule has 1 saturated heterocycles. The minimum atomic E-state index is -0.233. The molecule has 7 heteroatoms. The Morgan fingerprint density at radius 1 is 1.38 bits per heavy atom. The smallest absolute Gasteiger partial charge is 0.242 e. The maximum atomic E-state index is 11.8. The van der Waals surface area contributed by atoms with Gasteiger partial charge in [0.25, 0.3) is 0 Å². The Morgan fingerprint density at radius 3 is 2.90 bits per heavy atom. The lowest BCUT2D eigenvalue weighted by Crippen LogP contribution is -2.44. The van der Waals surface area contributed by atoms with E-state index in [0.29, 0.717) is 24.9 Å². The highest BCUT2D eigenvalue weighted by atomic mass is 16.5. The van der Waals surface area contributed by atoms with Gasteiger partial charge in [-0.1, -0.05) is 0 Å². The largest absolute Gasteiger partial charge is 0.374 e. The molecular formula is C14H23N5O2. The number of carbonyl (C=O) groups is 1. The van der Waals surface area contributed by atoms with Crippen molar-refractivity contribution in [2.24, 2.45) is 0 Å². The lowest BCUT2D eigenvalue weighted by molar-refractivity contribution is -0.123. The fraction of sp³-hybridized carbons (Fsp3) is 0.643. The number of aromatic nitrogens is 2. The van der Waals surface area contributed by atoms with Gasteiger partial charge in [0.15, 0.2) is 5.82 Å². The highest BCUT2D eigenvalue weighted by Crippen LogP contribution is 2.15. The van der Waals surface area contributed by atoms with Crippen molar-refractivity contribution >= 4 is 17.5 Å². The molecule has 1 aliphatic heterocycles. The standard InChI is InChI=1S/C14H23N5O2/c1-3-15-11-8-12(19-13(18-11)9-21-4-2)17-10-6-5-7-16-14(10)20/h8,10H,3-7,9H2,1-2H3,(H,16,20)(H2,15,17,18,19). The Morgan fingerprint density at radius 2 is 2.19 bits per heavy atom. The van der Waals surface area contributed by atoms with Gasteiger partial charge in [-0.25, -0.2) is 9.97 Å². The quantitative estimate of drug-likeness (QED) is 0.698. The average molecular weight is 293 g/mol. The molecule has 0 aliphatic carbocycles. The molecule has 21 heavy (non-hydrogen) atoms. The number of hydrogen-bond donors (Lipinski definition) is 3. The fourth-order valence-electron chi connectivity index (χ4n) is 2.19. The molecule has 7 nitrogen and oxygen atoms in total. The number of nitrogens with one attached hydrogen (secondary N) is 3. The lowest BCUT2D eigenvalue weighted by Gasteiger charge is -2.23.